The lowest BCUT2D eigenvalue weighted by Crippen LogP contribution is -2.29. The Morgan fingerprint density at radius 2 is 2.00 bits per heavy atom. The molecule has 0 bridgehead atoms. The van der Waals surface area contributed by atoms with Crippen LogP contribution in [0, 0.1) is 6.92 Å². The molecule has 0 spiro atoms. The highest BCUT2D eigenvalue weighted by Crippen LogP contribution is 2.28. The van der Waals surface area contributed by atoms with Gasteiger partial charge in [0.25, 0.3) is 11.5 Å². The van der Waals surface area contributed by atoms with Crippen molar-refractivity contribution in [3.63, 3.8) is 0 Å². The van der Waals surface area contributed by atoms with Gasteiger partial charge in [-0.2, -0.15) is 0 Å². The molecule has 1 atom stereocenters. The summed E-state index contributed by atoms with van der Waals surface area (Å²) in [5.74, 6) is -0.804. The lowest BCUT2D eigenvalue weighted by molar-refractivity contribution is -0.146. The molecule has 0 saturated carbocycles. The van der Waals surface area contributed by atoms with Gasteiger partial charge in [-0.3, -0.25) is 14.2 Å². The average Bonchev–Trinajstić information content (AvgIpc) is 3.00. The number of carbonyl (C=O) groups excluding carboxylic acids is 2. The van der Waals surface area contributed by atoms with Crippen LogP contribution in [0.1, 0.15) is 35.1 Å². The summed E-state index contributed by atoms with van der Waals surface area (Å²) in [5.41, 5.74) is 0.847. The topological polar surface area (TPSA) is 90.3 Å². The first-order valence-electron chi connectivity index (χ1n) is 8.47. The fraction of sp³-hybridized carbons (Fsp3) is 0.263. The van der Waals surface area contributed by atoms with E-state index in [1.165, 1.54) is 10.9 Å². The molecule has 0 radical (unpaired) electrons. The van der Waals surface area contributed by atoms with E-state index in [1.807, 2.05) is 18.2 Å². The number of para-hydroxylation sites is 1. The van der Waals surface area contributed by atoms with Crippen LogP contribution in [0.15, 0.2) is 41.5 Å². The molecule has 0 fully saturated rings. The summed E-state index contributed by atoms with van der Waals surface area (Å²) < 4.78 is 6.21. The predicted octanol–water partition coefficient (Wildman–Crippen LogP) is 3.14. The van der Waals surface area contributed by atoms with Crippen LogP contribution in [0.3, 0.4) is 0 Å². The number of rotatable bonds is 5. The quantitative estimate of drug-likeness (QED) is 0.682. The molecule has 140 valence electrons. The van der Waals surface area contributed by atoms with E-state index in [2.05, 4.69) is 10.3 Å². The zero-order chi connectivity index (χ0) is 19.6. The van der Waals surface area contributed by atoms with Crippen LogP contribution < -0.4 is 10.9 Å². The molecule has 0 aliphatic heterocycles. The first kappa shape index (κ1) is 18.8. The maximum atomic E-state index is 12.9. The van der Waals surface area contributed by atoms with Gasteiger partial charge < -0.3 is 10.1 Å². The van der Waals surface area contributed by atoms with Crippen molar-refractivity contribution in [2.45, 2.75) is 26.8 Å². The van der Waals surface area contributed by atoms with Gasteiger partial charge in [0.1, 0.15) is 10.9 Å². The van der Waals surface area contributed by atoms with Crippen molar-refractivity contribution < 1.29 is 14.3 Å². The third-order valence-electron chi connectivity index (χ3n) is 4.16. The minimum Gasteiger partial charge on any atom is -0.464 e. The van der Waals surface area contributed by atoms with Crippen LogP contribution >= 0.6 is 11.3 Å². The zero-order valence-corrected chi connectivity index (χ0v) is 16.0. The average molecular weight is 385 g/mol. The molecule has 0 saturated heterocycles. The second kappa shape index (κ2) is 7.71. The molecule has 8 heteroatoms. The van der Waals surface area contributed by atoms with Crippen molar-refractivity contribution in [1.29, 1.82) is 0 Å². The van der Waals surface area contributed by atoms with E-state index in [4.69, 9.17) is 4.74 Å². The van der Waals surface area contributed by atoms with Crippen molar-refractivity contribution in [2.75, 3.05) is 11.9 Å². The van der Waals surface area contributed by atoms with E-state index in [9.17, 15) is 14.4 Å². The highest BCUT2D eigenvalue weighted by Gasteiger charge is 2.23. The molecule has 1 N–H and O–H groups in total. The number of anilines is 1. The maximum absolute atomic E-state index is 12.9. The third kappa shape index (κ3) is 3.61. The number of aryl methyl sites for hydroxylation is 1. The highest BCUT2D eigenvalue weighted by atomic mass is 32.1. The van der Waals surface area contributed by atoms with Gasteiger partial charge in [0.2, 0.25) is 0 Å². The first-order valence-corrected chi connectivity index (χ1v) is 9.29. The van der Waals surface area contributed by atoms with Crippen LogP contribution in [-0.2, 0) is 9.53 Å². The molecule has 3 aromatic rings. The summed E-state index contributed by atoms with van der Waals surface area (Å²) in [6.07, 6.45) is 1.32. The number of carbonyl (C=O) groups is 2. The number of esters is 1. The Bertz CT molecular complexity index is 1060. The number of benzene rings is 1. The van der Waals surface area contributed by atoms with Crippen LogP contribution in [-0.4, -0.2) is 28.0 Å². The SMILES string of the molecule is CCOC(=O)[C@H](C)n1cnc2sc(C(=O)Nc3ccccc3)c(C)c2c1=O. The molecule has 27 heavy (non-hydrogen) atoms. The fourth-order valence-electron chi connectivity index (χ4n) is 2.72. The summed E-state index contributed by atoms with van der Waals surface area (Å²) in [6.45, 7) is 5.23. The molecule has 7 nitrogen and oxygen atoms in total. The van der Waals surface area contributed by atoms with E-state index < -0.39 is 12.0 Å². The monoisotopic (exact) mass is 385 g/mol. The van der Waals surface area contributed by atoms with E-state index in [-0.39, 0.29) is 18.1 Å². The Labute approximate surface area is 159 Å². The van der Waals surface area contributed by atoms with Crippen LogP contribution in [0.2, 0.25) is 0 Å². The first-order chi connectivity index (χ1) is 12.9. The second-order valence-corrected chi connectivity index (χ2v) is 6.94. The van der Waals surface area contributed by atoms with Gasteiger partial charge in [-0.15, -0.1) is 11.3 Å². The largest absolute Gasteiger partial charge is 0.464 e. The van der Waals surface area contributed by atoms with Crippen molar-refractivity contribution in [3.8, 4) is 0 Å². The number of nitrogens with zero attached hydrogens (tertiary/aromatic N) is 2. The van der Waals surface area contributed by atoms with Gasteiger partial charge in [0, 0.05) is 5.69 Å². The van der Waals surface area contributed by atoms with Crippen LogP contribution in [0.4, 0.5) is 5.69 Å². The minimum absolute atomic E-state index is 0.231. The normalized spacial score (nSPS) is 12.0. The molecule has 1 aromatic carbocycles. The summed E-state index contributed by atoms with van der Waals surface area (Å²) in [5, 5.41) is 3.16. The molecule has 1 amide bonds. The summed E-state index contributed by atoms with van der Waals surface area (Å²) in [7, 11) is 0. The lowest BCUT2D eigenvalue weighted by Gasteiger charge is -2.13. The Morgan fingerprint density at radius 3 is 2.67 bits per heavy atom. The number of amides is 1. The van der Waals surface area contributed by atoms with Crippen LogP contribution in [0.25, 0.3) is 10.2 Å². The van der Waals surface area contributed by atoms with E-state index in [0.717, 1.165) is 11.3 Å². The summed E-state index contributed by atoms with van der Waals surface area (Å²) in [4.78, 5) is 42.6. The number of nitrogens with one attached hydrogen (secondary N) is 1. The number of ether oxygens (including phenoxy) is 1. The number of hydrogen-bond donors (Lipinski definition) is 1. The molecule has 2 heterocycles. The number of hydrogen-bond acceptors (Lipinski definition) is 6. The van der Waals surface area contributed by atoms with E-state index in [0.29, 0.717) is 26.3 Å². The minimum atomic E-state index is -0.796. The molecule has 0 aliphatic carbocycles. The molecule has 0 unspecified atom stereocenters. The van der Waals surface area contributed by atoms with E-state index in [1.54, 1.807) is 32.9 Å². The molecule has 2 aromatic heterocycles. The summed E-state index contributed by atoms with van der Waals surface area (Å²) in [6, 6.07) is 8.28. The van der Waals surface area contributed by atoms with Crippen molar-refractivity contribution in [1.82, 2.24) is 9.55 Å². The molecule has 0 aliphatic rings. The van der Waals surface area contributed by atoms with Crippen molar-refractivity contribution >= 4 is 39.1 Å². The fourth-order valence-corrected chi connectivity index (χ4v) is 3.75. The van der Waals surface area contributed by atoms with Crippen LogP contribution in [0.5, 0.6) is 0 Å². The zero-order valence-electron chi connectivity index (χ0n) is 15.2. The Balaban J connectivity index is 2.00. The number of thiophene rings is 1. The predicted molar refractivity (Wildman–Crippen MR) is 104 cm³/mol. The summed E-state index contributed by atoms with van der Waals surface area (Å²) >= 11 is 1.15. The smallest absolute Gasteiger partial charge is 0.328 e. The second-order valence-electron chi connectivity index (χ2n) is 5.94. The van der Waals surface area contributed by atoms with Gasteiger partial charge in [0.05, 0.1) is 23.2 Å². The lowest BCUT2D eigenvalue weighted by atomic mass is 10.2. The van der Waals surface area contributed by atoms with Gasteiger partial charge in [0.15, 0.2) is 0 Å². The highest BCUT2D eigenvalue weighted by molar-refractivity contribution is 7.20. The third-order valence-corrected chi connectivity index (χ3v) is 5.36. The molecule has 3 rings (SSSR count). The molecular formula is C19H19N3O4S. The number of aromatic nitrogens is 2. The number of fused-ring (bicyclic) bond motifs is 1. The maximum Gasteiger partial charge on any atom is 0.328 e. The van der Waals surface area contributed by atoms with E-state index >= 15 is 0 Å². The Hall–Kier alpha value is -3.00. The van der Waals surface area contributed by atoms with Gasteiger partial charge >= 0.3 is 5.97 Å². The Morgan fingerprint density at radius 1 is 1.30 bits per heavy atom. The van der Waals surface area contributed by atoms with Gasteiger partial charge in [-0.1, -0.05) is 18.2 Å². The van der Waals surface area contributed by atoms with Gasteiger partial charge in [-0.25, -0.2) is 9.78 Å². The van der Waals surface area contributed by atoms with Gasteiger partial charge in [-0.05, 0) is 38.5 Å². The van der Waals surface area contributed by atoms with Crippen molar-refractivity contribution in [3.05, 3.63) is 57.5 Å². The van der Waals surface area contributed by atoms with Crippen molar-refractivity contribution in [2.24, 2.45) is 0 Å². The molecular weight excluding hydrogens is 366 g/mol. The Kier molecular flexibility index (Phi) is 5.36. The standard InChI is InChI=1S/C19H19N3O4S/c1-4-26-19(25)12(3)22-10-20-17-14(18(22)24)11(2)15(27-17)16(23)21-13-8-6-5-7-9-13/h5-10,12H,4H2,1-3H3,(H,21,23)/t12-/m0/s1.